The molecule has 114 valence electrons. The third kappa shape index (κ3) is 3.42. The summed E-state index contributed by atoms with van der Waals surface area (Å²) in [5, 5.41) is 2.68. The molecule has 1 unspecified atom stereocenters. The zero-order valence-corrected chi connectivity index (χ0v) is 12.7. The minimum absolute atomic E-state index is 0.00472. The van der Waals surface area contributed by atoms with Crippen LogP contribution >= 0.6 is 0 Å². The molecule has 0 bridgehead atoms. The largest absolute Gasteiger partial charge is 0.359 e. The van der Waals surface area contributed by atoms with Gasteiger partial charge >= 0.3 is 0 Å². The van der Waals surface area contributed by atoms with Crippen LogP contribution in [0.1, 0.15) is 24.5 Å². The van der Waals surface area contributed by atoms with Gasteiger partial charge in [0.05, 0.1) is 11.8 Å². The number of nitrogens with two attached hydrogens (primary N) is 1. The molecular weight excluding hydrogens is 266 g/mol. The Bertz CT molecular complexity index is 527. The van der Waals surface area contributed by atoms with E-state index >= 15 is 0 Å². The first kappa shape index (κ1) is 15.5. The SMILES string of the molecule is CNC(=O)C1(C)CCN(C(=O)Cc2ccc(CN)cc2)C1. The van der Waals surface area contributed by atoms with Gasteiger partial charge in [0.2, 0.25) is 11.8 Å². The highest BCUT2D eigenvalue weighted by Gasteiger charge is 2.41. The zero-order valence-electron chi connectivity index (χ0n) is 12.7. The van der Waals surface area contributed by atoms with Gasteiger partial charge < -0.3 is 16.0 Å². The van der Waals surface area contributed by atoms with Crippen molar-refractivity contribution in [1.82, 2.24) is 10.2 Å². The number of benzene rings is 1. The third-order valence-electron chi connectivity index (χ3n) is 4.22. The zero-order chi connectivity index (χ0) is 15.5. The molecule has 3 N–H and O–H groups in total. The van der Waals surface area contributed by atoms with Crippen LogP contribution in [0.2, 0.25) is 0 Å². The van der Waals surface area contributed by atoms with Gasteiger partial charge in [0.25, 0.3) is 0 Å². The highest BCUT2D eigenvalue weighted by molar-refractivity contribution is 5.85. The van der Waals surface area contributed by atoms with Gasteiger partial charge in [-0.15, -0.1) is 0 Å². The molecule has 1 aromatic rings. The molecule has 0 aliphatic carbocycles. The topological polar surface area (TPSA) is 75.4 Å². The quantitative estimate of drug-likeness (QED) is 0.855. The smallest absolute Gasteiger partial charge is 0.227 e. The van der Waals surface area contributed by atoms with Crippen LogP contribution in [-0.4, -0.2) is 36.9 Å². The van der Waals surface area contributed by atoms with Crippen molar-refractivity contribution in [3.63, 3.8) is 0 Å². The summed E-state index contributed by atoms with van der Waals surface area (Å²) in [4.78, 5) is 26.0. The molecule has 1 aliphatic heterocycles. The van der Waals surface area contributed by atoms with E-state index in [2.05, 4.69) is 5.32 Å². The van der Waals surface area contributed by atoms with E-state index in [1.54, 1.807) is 11.9 Å². The average Bonchev–Trinajstić information content (AvgIpc) is 2.91. The average molecular weight is 289 g/mol. The molecule has 1 aromatic carbocycles. The number of likely N-dealkylation sites (tertiary alicyclic amines) is 1. The first-order valence-corrected chi connectivity index (χ1v) is 7.26. The van der Waals surface area contributed by atoms with Crippen LogP contribution in [0.15, 0.2) is 24.3 Å². The summed E-state index contributed by atoms with van der Waals surface area (Å²) >= 11 is 0. The maximum atomic E-state index is 12.3. The number of hydrogen-bond donors (Lipinski definition) is 2. The Morgan fingerprint density at radius 3 is 2.48 bits per heavy atom. The van der Waals surface area contributed by atoms with Gasteiger partial charge in [0.15, 0.2) is 0 Å². The van der Waals surface area contributed by atoms with Crippen molar-refractivity contribution in [2.24, 2.45) is 11.1 Å². The predicted molar refractivity (Wildman–Crippen MR) is 81.4 cm³/mol. The third-order valence-corrected chi connectivity index (χ3v) is 4.22. The fourth-order valence-corrected chi connectivity index (χ4v) is 2.74. The summed E-state index contributed by atoms with van der Waals surface area (Å²) in [5.74, 6) is 0.0771. The van der Waals surface area contributed by atoms with Gasteiger partial charge in [0, 0.05) is 26.7 Å². The van der Waals surface area contributed by atoms with Gasteiger partial charge in [-0.3, -0.25) is 9.59 Å². The Morgan fingerprint density at radius 1 is 1.29 bits per heavy atom. The molecule has 2 amide bonds. The Hall–Kier alpha value is -1.88. The Morgan fingerprint density at radius 2 is 1.90 bits per heavy atom. The van der Waals surface area contributed by atoms with E-state index in [0.717, 1.165) is 11.1 Å². The van der Waals surface area contributed by atoms with Crippen LogP contribution in [0.25, 0.3) is 0 Å². The maximum absolute atomic E-state index is 12.3. The van der Waals surface area contributed by atoms with Gasteiger partial charge in [-0.1, -0.05) is 24.3 Å². The van der Waals surface area contributed by atoms with Crippen LogP contribution in [0.4, 0.5) is 0 Å². The van der Waals surface area contributed by atoms with E-state index in [1.165, 1.54) is 0 Å². The molecule has 1 saturated heterocycles. The normalized spacial score (nSPS) is 21.4. The van der Waals surface area contributed by atoms with Crippen LogP contribution in [-0.2, 0) is 22.6 Å². The van der Waals surface area contributed by atoms with E-state index in [-0.39, 0.29) is 11.8 Å². The van der Waals surface area contributed by atoms with E-state index in [1.807, 2.05) is 31.2 Å². The summed E-state index contributed by atoms with van der Waals surface area (Å²) in [5.41, 5.74) is 7.13. The summed E-state index contributed by atoms with van der Waals surface area (Å²) in [6.07, 6.45) is 1.08. The molecule has 0 saturated carbocycles. The van der Waals surface area contributed by atoms with Crippen molar-refractivity contribution in [3.8, 4) is 0 Å². The van der Waals surface area contributed by atoms with Crippen molar-refractivity contribution in [3.05, 3.63) is 35.4 Å². The monoisotopic (exact) mass is 289 g/mol. The van der Waals surface area contributed by atoms with Crippen molar-refractivity contribution < 1.29 is 9.59 Å². The predicted octanol–water partition coefficient (Wildman–Crippen LogP) is 0.672. The minimum Gasteiger partial charge on any atom is -0.359 e. The molecule has 0 spiro atoms. The molecule has 2 rings (SSSR count). The Balaban J connectivity index is 1.96. The van der Waals surface area contributed by atoms with Gasteiger partial charge in [-0.2, -0.15) is 0 Å². The molecular formula is C16H23N3O2. The molecule has 5 nitrogen and oxygen atoms in total. The highest BCUT2D eigenvalue weighted by atomic mass is 16.2. The number of nitrogens with one attached hydrogen (secondary N) is 1. The first-order valence-electron chi connectivity index (χ1n) is 7.26. The molecule has 5 heteroatoms. The van der Waals surface area contributed by atoms with Gasteiger partial charge in [-0.25, -0.2) is 0 Å². The number of carbonyl (C=O) groups is 2. The molecule has 1 heterocycles. The van der Waals surface area contributed by atoms with E-state index < -0.39 is 5.41 Å². The molecule has 21 heavy (non-hydrogen) atoms. The fourth-order valence-electron chi connectivity index (χ4n) is 2.74. The first-order chi connectivity index (χ1) is 9.98. The lowest BCUT2D eigenvalue weighted by atomic mass is 9.89. The lowest BCUT2D eigenvalue weighted by Gasteiger charge is -2.22. The van der Waals surface area contributed by atoms with Crippen LogP contribution < -0.4 is 11.1 Å². The minimum atomic E-state index is -0.464. The number of carbonyl (C=O) groups excluding carboxylic acids is 2. The molecule has 1 atom stereocenters. The Kier molecular flexibility index (Phi) is 4.63. The van der Waals surface area contributed by atoms with Crippen molar-refractivity contribution in [2.75, 3.05) is 20.1 Å². The van der Waals surface area contributed by atoms with E-state index in [9.17, 15) is 9.59 Å². The number of rotatable bonds is 4. The second-order valence-corrected chi connectivity index (χ2v) is 5.90. The number of nitrogens with zero attached hydrogens (tertiary/aromatic N) is 1. The van der Waals surface area contributed by atoms with Crippen LogP contribution in [0.5, 0.6) is 0 Å². The molecule has 1 aliphatic rings. The second-order valence-electron chi connectivity index (χ2n) is 5.90. The molecule has 1 fully saturated rings. The van der Waals surface area contributed by atoms with Crippen LogP contribution in [0, 0.1) is 5.41 Å². The lowest BCUT2D eigenvalue weighted by molar-refractivity contribution is -0.132. The van der Waals surface area contributed by atoms with Crippen molar-refractivity contribution in [2.45, 2.75) is 26.3 Å². The van der Waals surface area contributed by atoms with Crippen LogP contribution in [0.3, 0.4) is 0 Å². The van der Waals surface area contributed by atoms with Crippen molar-refractivity contribution >= 4 is 11.8 Å². The summed E-state index contributed by atoms with van der Waals surface area (Å²) < 4.78 is 0. The van der Waals surface area contributed by atoms with E-state index in [4.69, 9.17) is 5.73 Å². The second kappa shape index (κ2) is 6.26. The van der Waals surface area contributed by atoms with Crippen molar-refractivity contribution in [1.29, 1.82) is 0 Å². The van der Waals surface area contributed by atoms with Gasteiger partial charge in [-0.05, 0) is 24.5 Å². The number of hydrogen-bond acceptors (Lipinski definition) is 3. The molecule has 0 radical (unpaired) electrons. The summed E-state index contributed by atoms with van der Waals surface area (Å²) in [6, 6.07) is 7.77. The fraction of sp³-hybridized carbons (Fsp3) is 0.500. The maximum Gasteiger partial charge on any atom is 0.227 e. The van der Waals surface area contributed by atoms with E-state index in [0.29, 0.717) is 32.5 Å². The van der Waals surface area contributed by atoms with Gasteiger partial charge in [0.1, 0.15) is 0 Å². The summed E-state index contributed by atoms with van der Waals surface area (Å²) in [6.45, 7) is 3.55. The Labute approximate surface area is 125 Å². The highest BCUT2D eigenvalue weighted by Crippen LogP contribution is 2.30. The standard InChI is InChI=1S/C16H23N3O2/c1-16(15(21)18-2)7-8-19(11-16)14(20)9-12-3-5-13(10-17)6-4-12/h3-6H,7-11,17H2,1-2H3,(H,18,21). The summed E-state index contributed by atoms with van der Waals surface area (Å²) in [7, 11) is 1.64. The number of amides is 2. The lowest BCUT2D eigenvalue weighted by Crippen LogP contribution is -2.40. The molecule has 0 aromatic heterocycles.